The molecule has 5 nitrogen and oxygen atoms in total. The van der Waals surface area contributed by atoms with Crippen LogP contribution in [0.2, 0.25) is 0 Å². The van der Waals surface area contributed by atoms with Gasteiger partial charge in [0.05, 0.1) is 11.3 Å². The molecular formula is C12H12O5. The van der Waals surface area contributed by atoms with Gasteiger partial charge in [0.15, 0.2) is 0 Å². The Labute approximate surface area is 97.3 Å². The van der Waals surface area contributed by atoms with Gasteiger partial charge in [0.1, 0.15) is 5.75 Å². The lowest BCUT2D eigenvalue weighted by Gasteiger charge is -2.42. The molecule has 0 spiro atoms. The number of benzene rings is 1. The normalized spacial score (nSPS) is 27.2. The Balaban J connectivity index is 2.29. The zero-order valence-corrected chi connectivity index (χ0v) is 8.96. The summed E-state index contributed by atoms with van der Waals surface area (Å²) in [6.45, 7) is 0. The largest absolute Gasteiger partial charge is 0.508 e. The van der Waals surface area contributed by atoms with Crippen molar-refractivity contribution in [3.8, 4) is 5.75 Å². The number of phenols is 1. The lowest BCUT2D eigenvalue weighted by Crippen LogP contribution is -2.50. The Kier molecular flexibility index (Phi) is 2.53. The van der Waals surface area contributed by atoms with Gasteiger partial charge in [0.25, 0.3) is 0 Å². The van der Waals surface area contributed by atoms with Crippen molar-refractivity contribution >= 4 is 11.9 Å². The predicted molar refractivity (Wildman–Crippen MR) is 57.8 cm³/mol. The van der Waals surface area contributed by atoms with Crippen LogP contribution in [-0.4, -0.2) is 27.3 Å². The molecule has 0 atom stereocenters. The van der Waals surface area contributed by atoms with E-state index in [0.29, 0.717) is 5.56 Å². The topological polar surface area (TPSA) is 94.8 Å². The third-order valence-corrected chi connectivity index (χ3v) is 3.37. The van der Waals surface area contributed by atoms with Gasteiger partial charge >= 0.3 is 11.9 Å². The molecule has 0 saturated heterocycles. The average molecular weight is 236 g/mol. The first kappa shape index (κ1) is 11.4. The third-order valence-electron chi connectivity index (χ3n) is 3.37. The maximum absolute atomic E-state index is 11.3. The number of phenolic OH excluding ortho intramolecular Hbond substituents is 1. The number of carboxylic acids is 2. The Bertz CT molecular complexity index is 456. The van der Waals surface area contributed by atoms with Crippen molar-refractivity contribution in [2.75, 3.05) is 0 Å². The predicted octanol–water partition coefficient (Wildman–Crippen LogP) is 1.21. The number of carboxylic acid groups (broad SMARTS) is 2. The maximum atomic E-state index is 11.3. The van der Waals surface area contributed by atoms with Gasteiger partial charge in [0, 0.05) is 0 Å². The monoisotopic (exact) mass is 236 g/mol. The molecule has 1 saturated carbocycles. The summed E-state index contributed by atoms with van der Waals surface area (Å²) >= 11 is 0. The molecule has 0 radical (unpaired) electrons. The second-order valence-corrected chi connectivity index (χ2v) is 4.38. The molecule has 3 N–H and O–H groups in total. The number of aliphatic carboxylic acids is 2. The second kappa shape index (κ2) is 3.76. The molecule has 0 aromatic heterocycles. The molecule has 1 fully saturated rings. The van der Waals surface area contributed by atoms with E-state index >= 15 is 0 Å². The molecule has 1 aromatic carbocycles. The van der Waals surface area contributed by atoms with Crippen LogP contribution in [0, 0.1) is 5.92 Å². The van der Waals surface area contributed by atoms with E-state index in [0.717, 1.165) is 0 Å². The van der Waals surface area contributed by atoms with Crippen molar-refractivity contribution in [1.29, 1.82) is 0 Å². The minimum atomic E-state index is -1.11. The molecule has 0 unspecified atom stereocenters. The Hall–Kier alpha value is -2.04. The van der Waals surface area contributed by atoms with Crippen molar-refractivity contribution in [1.82, 2.24) is 0 Å². The Morgan fingerprint density at radius 2 is 1.65 bits per heavy atom. The fourth-order valence-electron chi connectivity index (χ4n) is 2.27. The van der Waals surface area contributed by atoms with E-state index in [1.807, 2.05) is 0 Å². The first-order valence-electron chi connectivity index (χ1n) is 5.21. The molecular weight excluding hydrogens is 224 g/mol. The number of aromatic hydroxyl groups is 1. The summed E-state index contributed by atoms with van der Waals surface area (Å²) in [6, 6.07) is 5.88. The van der Waals surface area contributed by atoms with E-state index < -0.39 is 23.3 Å². The molecule has 1 aromatic rings. The molecule has 5 heteroatoms. The highest BCUT2D eigenvalue weighted by Gasteiger charge is 2.54. The lowest BCUT2D eigenvalue weighted by molar-refractivity contribution is -0.157. The molecule has 17 heavy (non-hydrogen) atoms. The Morgan fingerprint density at radius 1 is 1.12 bits per heavy atom. The quantitative estimate of drug-likeness (QED) is 0.733. The number of carbonyl (C=O) groups is 2. The van der Waals surface area contributed by atoms with Crippen LogP contribution in [0.4, 0.5) is 0 Å². The lowest BCUT2D eigenvalue weighted by atomic mass is 9.58. The highest BCUT2D eigenvalue weighted by atomic mass is 16.4. The smallest absolute Gasteiger partial charge is 0.314 e. The molecule has 90 valence electrons. The first-order chi connectivity index (χ1) is 7.95. The SMILES string of the molecule is O=C(O)C1CC(C(=O)O)(c2ccc(O)cc2)C1. The van der Waals surface area contributed by atoms with Gasteiger partial charge < -0.3 is 15.3 Å². The first-order valence-corrected chi connectivity index (χ1v) is 5.21. The zero-order chi connectivity index (χ0) is 12.6. The average Bonchev–Trinajstić information content (AvgIpc) is 2.18. The van der Waals surface area contributed by atoms with Crippen molar-refractivity contribution in [2.45, 2.75) is 18.3 Å². The summed E-state index contributed by atoms with van der Waals surface area (Å²) in [4.78, 5) is 22.0. The molecule has 0 amide bonds. The standard InChI is InChI=1S/C12H12O5/c13-9-3-1-8(2-4-9)12(11(16)17)5-7(6-12)10(14)15/h1-4,7,13H,5-6H2,(H,14,15)(H,16,17). The molecule has 0 heterocycles. The van der Waals surface area contributed by atoms with E-state index in [1.54, 1.807) is 0 Å². The molecule has 0 bridgehead atoms. The van der Waals surface area contributed by atoms with Crippen molar-refractivity contribution in [3.63, 3.8) is 0 Å². The van der Waals surface area contributed by atoms with Gasteiger partial charge in [-0.2, -0.15) is 0 Å². The zero-order valence-electron chi connectivity index (χ0n) is 8.96. The van der Waals surface area contributed by atoms with E-state index in [4.69, 9.17) is 10.2 Å². The van der Waals surface area contributed by atoms with Crippen molar-refractivity contribution in [3.05, 3.63) is 29.8 Å². The number of hydrogen-bond acceptors (Lipinski definition) is 3. The number of hydrogen-bond donors (Lipinski definition) is 3. The highest BCUT2D eigenvalue weighted by molar-refractivity contribution is 5.86. The third kappa shape index (κ3) is 1.73. The number of rotatable bonds is 3. The van der Waals surface area contributed by atoms with E-state index in [-0.39, 0.29) is 18.6 Å². The van der Waals surface area contributed by atoms with E-state index in [9.17, 15) is 14.7 Å². The minimum Gasteiger partial charge on any atom is -0.508 e. The summed E-state index contributed by atoms with van der Waals surface area (Å²) in [5, 5.41) is 27.2. The van der Waals surface area contributed by atoms with Crippen LogP contribution in [0.15, 0.2) is 24.3 Å². The summed E-state index contributed by atoms with van der Waals surface area (Å²) in [5.74, 6) is -2.51. The molecule has 1 aliphatic carbocycles. The minimum absolute atomic E-state index is 0.0587. The summed E-state index contributed by atoms with van der Waals surface area (Å²) in [7, 11) is 0. The van der Waals surface area contributed by atoms with Crippen LogP contribution in [-0.2, 0) is 15.0 Å². The van der Waals surface area contributed by atoms with E-state index in [2.05, 4.69) is 0 Å². The van der Waals surface area contributed by atoms with Gasteiger partial charge in [-0.3, -0.25) is 9.59 Å². The summed E-state index contributed by atoms with van der Waals surface area (Å²) in [6.07, 6.45) is 0.199. The van der Waals surface area contributed by atoms with Crippen LogP contribution >= 0.6 is 0 Å². The van der Waals surface area contributed by atoms with Gasteiger partial charge in [0.2, 0.25) is 0 Å². The summed E-state index contributed by atoms with van der Waals surface area (Å²) < 4.78 is 0. The van der Waals surface area contributed by atoms with Crippen molar-refractivity contribution < 1.29 is 24.9 Å². The van der Waals surface area contributed by atoms with Crippen molar-refractivity contribution in [2.24, 2.45) is 5.92 Å². The van der Waals surface area contributed by atoms with Gasteiger partial charge in [-0.15, -0.1) is 0 Å². The van der Waals surface area contributed by atoms with Gasteiger partial charge in [-0.1, -0.05) is 12.1 Å². The second-order valence-electron chi connectivity index (χ2n) is 4.38. The van der Waals surface area contributed by atoms with Crippen LogP contribution in [0.25, 0.3) is 0 Å². The van der Waals surface area contributed by atoms with Crippen LogP contribution in [0.5, 0.6) is 5.75 Å². The van der Waals surface area contributed by atoms with Gasteiger partial charge in [-0.25, -0.2) is 0 Å². The highest BCUT2D eigenvalue weighted by Crippen LogP contribution is 2.48. The fraction of sp³-hybridized carbons (Fsp3) is 0.333. The molecule has 2 rings (SSSR count). The van der Waals surface area contributed by atoms with Crippen LogP contribution in [0.1, 0.15) is 18.4 Å². The maximum Gasteiger partial charge on any atom is 0.314 e. The van der Waals surface area contributed by atoms with Gasteiger partial charge in [-0.05, 0) is 30.5 Å². The van der Waals surface area contributed by atoms with Crippen LogP contribution < -0.4 is 0 Å². The molecule has 1 aliphatic rings. The Morgan fingerprint density at radius 3 is 2.06 bits per heavy atom. The van der Waals surface area contributed by atoms with E-state index in [1.165, 1.54) is 24.3 Å². The summed E-state index contributed by atoms with van der Waals surface area (Å²) in [5.41, 5.74) is -0.572. The van der Waals surface area contributed by atoms with Crippen LogP contribution in [0.3, 0.4) is 0 Å². The fourth-order valence-corrected chi connectivity index (χ4v) is 2.27. The molecule has 0 aliphatic heterocycles.